The highest BCUT2D eigenvalue weighted by molar-refractivity contribution is 5.67. The van der Waals surface area contributed by atoms with Crippen molar-refractivity contribution < 1.29 is 37.6 Å². The lowest BCUT2D eigenvalue weighted by molar-refractivity contribution is -0.0413. The van der Waals surface area contributed by atoms with Gasteiger partial charge in [-0.05, 0) is 38.8 Å². The van der Waals surface area contributed by atoms with Gasteiger partial charge in [-0.15, -0.1) is 0 Å². The van der Waals surface area contributed by atoms with Crippen molar-refractivity contribution in [1.82, 2.24) is 10.2 Å². The zero-order valence-corrected chi connectivity index (χ0v) is 26.3. The number of alkyl halides is 1. The number of hydrogen-bond acceptors (Lipinski definition) is 8. The lowest BCUT2D eigenvalue weighted by atomic mass is 10.1. The highest BCUT2D eigenvalue weighted by Gasteiger charge is 2.21. The predicted octanol–water partition coefficient (Wildman–Crippen LogP) is 5.02. The minimum atomic E-state index is -1.13. The van der Waals surface area contributed by atoms with Crippen LogP contribution in [0.5, 0.6) is 0 Å². The van der Waals surface area contributed by atoms with Crippen molar-refractivity contribution in [3.63, 3.8) is 0 Å². The summed E-state index contributed by atoms with van der Waals surface area (Å²) in [5.41, 5.74) is 1.78. The van der Waals surface area contributed by atoms with E-state index in [1.165, 1.54) is 0 Å². The van der Waals surface area contributed by atoms with Crippen molar-refractivity contribution in [3.8, 4) is 0 Å². The number of amides is 1. The molecule has 2 aromatic carbocycles. The van der Waals surface area contributed by atoms with Crippen LogP contribution in [0.1, 0.15) is 38.8 Å². The molecule has 1 N–H and O–H groups in total. The second kappa shape index (κ2) is 22.0. The van der Waals surface area contributed by atoms with E-state index in [1.54, 1.807) is 6.92 Å². The second-order valence-electron chi connectivity index (χ2n) is 11.1. The molecule has 0 spiro atoms. The molecule has 0 aliphatic carbocycles. The molecule has 242 valence electrons. The van der Waals surface area contributed by atoms with Gasteiger partial charge in [0.25, 0.3) is 0 Å². The molecule has 0 radical (unpaired) electrons. The first-order valence-electron chi connectivity index (χ1n) is 15.1. The van der Waals surface area contributed by atoms with Crippen LogP contribution in [0, 0.1) is 0 Å². The van der Waals surface area contributed by atoms with Crippen LogP contribution < -0.4 is 5.32 Å². The summed E-state index contributed by atoms with van der Waals surface area (Å²) in [5.74, 6) is 0. The number of alkyl carbamates (subject to hydrolysis) is 1. The van der Waals surface area contributed by atoms with E-state index in [1.807, 2.05) is 57.2 Å². The summed E-state index contributed by atoms with van der Waals surface area (Å²) in [5, 5.41) is 2.63. The third kappa shape index (κ3) is 19.3. The number of halogens is 1. The maximum Gasteiger partial charge on any atom is 0.407 e. The zero-order chi connectivity index (χ0) is 31.2. The van der Waals surface area contributed by atoms with Crippen LogP contribution in [-0.4, -0.2) is 101 Å². The summed E-state index contributed by atoms with van der Waals surface area (Å²) in [6.45, 7) is 12.9. The molecule has 1 amide bonds. The summed E-state index contributed by atoms with van der Waals surface area (Å²) >= 11 is 0. The van der Waals surface area contributed by atoms with E-state index in [4.69, 9.17) is 28.4 Å². The maximum atomic E-state index is 15.1. The Morgan fingerprint density at radius 3 is 1.65 bits per heavy atom. The topological polar surface area (TPSA) is 87.7 Å². The van der Waals surface area contributed by atoms with Crippen LogP contribution in [0.15, 0.2) is 60.7 Å². The molecule has 0 bridgehead atoms. The molecule has 10 heteroatoms. The zero-order valence-electron chi connectivity index (χ0n) is 26.3. The normalized spacial score (nSPS) is 13.2. The molecule has 2 aromatic rings. The van der Waals surface area contributed by atoms with Crippen molar-refractivity contribution in [3.05, 3.63) is 71.8 Å². The lowest BCUT2D eigenvalue weighted by Gasteiger charge is -2.27. The van der Waals surface area contributed by atoms with E-state index >= 15 is 4.39 Å². The molecule has 9 nitrogen and oxygen atoms in total. The first-order chi connectivity index (χ1) is 20.7. The van der Waals surface area contributed by atoms with Gasteiger partial charge in [0.2, 0.25) is 0 Å². The molecule has 0 aliphatic rings. The van der Waals surface area contributed by atoms with Gasteiger partial charge < -0.3 is 33.7 Å². The summed E-state index contributed by atoms with van der Waals surface area (Å²) in [7, 11) is 0. The van der Waals surface area contributed by atoms with E-state index in [2.05, 4.69) is 34.5 Å². The first kappa shape index (κ1) is 36.6. The first-order valence-corrected chi connectivity index (χ1v) is 15.1. The van der Waals surface area contributed by atoms with Crippen LogP contribution in [0.4, 0.5) is 9.18 Å². The number of hydrogen-bond donors (Lipinski definition) is 1. The van der Waals surface area contributed by atoms with E-state index in [0.29, 0.717) is 79.1 Å². The van der Waals surface area contributed by atoms with E-state index in [0.717, 1.165) is 11.1 Å². The van der Waals surface area contributed by atoms with Crippen LogP contribution in [0.25, 0.3) is 0 Å². The lowest BCUT2D eigenvalue weighted by Crippen LogP contribution is -2.36. The molecule has 0 saturated carbocycles. The molecule has 2 unspecified atom stereocenters. The maximum absolute atomic E-state index is 15.1. The van der Waals surface area contributed by atoms with Gasteiger partial charge in [-0.3, -0.25) is 4.90 Å². The quantitative estimate of drug-likeness (QED) is 0.177. The Kier molecular flexibility index (Phi) is 18.7. The monoisotopic (exact) mass is 606 g/mol. The fourth-order valence-corrected chi connectivity index (χ4v) is 3.96. The summed E-state index contributed by atoms with van der Waals surface area (Å²) < 4.78 is 47.9. The Bertz CT molecular complexity index is 921. The average Bonchev–Trinajstić information content (AvgIpc) is 2.97. The Morgan fingerprint density at radius 2 is 1.19 bits per heavy atom. The van der Waals surface area contributed by atoms with Gasteiger partial charge in [0.1, 0.15) is 11.8 Å². The van der Waals surface area contributed by atoms with Gasteiger partial charge >= 0.3 is 6.09 Å². The van der Waals surface area contributed by atoms with Crippen molar-refractivity contribution in [2.75, 3.05) is 72.6 Å². The summed E-state index contributed by atoms with van der Waals surface area (Å²) in [6.07, 6.45) is -2.13. The SMILES string of the molecule is CC(OCCOCCOCCOCCOCCNC(=O)OC(C)(C)C)C(F)CN(Cc1ccccc1)Cc1ccccc1. The van der Waals surface area contributed by atoms with Gasteiger partial charge in [-0.2, -0.15) is 0 Å². The van der Waals surface area contributed by atoms with Crippen molar-refractivity contribution in [2.45, 2.75) is 58.7 Å². The number of nitrogens with one attached hydrogen (secondary N) is 1. The number of carbonyl (C=O) groups is 1. The highest BCUT2D eigenvalue weighted by atomic mass is 19.1. The molecule has 2 atom stereocenters. The van der Waals surface area contributed by atoms with E-state index in [9.17, 15) is 4.79 Å². The third-order valence-corrected chi connectivity index (χ3v) is 6.08. The molecular weight excluding hydrogens is 555 g/mol. The number of carbonyl (C=O) groups excluding carboxylic acids is 1. The molecule has 2 rings (SSSR count). The summed E-state index contributed by atoms with van der Waals surface area (Å²) in [4.78, 5) is 13.6. The molecule has 0 aliphatic heterocycles. The second-order valence-corrected chi connectivity index (χ2v) is 11.1. The van der Waals surface area contributed by atoms with Crippen molar-refractivity contribution in [1.29, 1.82) is 0 Å². The minimum Gasteiger partial charge on any atom is -0.444 e. The fraction of sp³-hybridized carbons (Fsp3) is 0.606. The standard InChI is InChI=1S/C33H51FN2O7/c1-28(31(34)27-36(25-29-11-7-5-8-12-29)26-30-13-9-6-10-14-30)42-24-23-41-22-21-40-20-19-39-18-17-38-16-15-35-32(37)43-33(2,3)4/h5-14,28,31H,15-27H2,1-4H3,(H,35,37). The van der Waals surface area contributed by atoms with E-state index in [-0.39, 0.29) is 6.54 Å². The molecule has 0 fully saturated rings. The Balaban J connectivity index is 1.45. The number of rotatable bonds is 23. The van der Waals surface area contributed by atoms with Gasteiger partial charge in [-0.1, -0.05) is 60.7 Å². The Hall–Kier alpha value is -2.60. The minimum absolute atomic E-state index is 0.277. The Labute approximate surface area is 256 Å². The fourth-order valence-electron chi connectivity index (χ4n) is 3.96. The van der Waals surface area contributed by atoms with Gasteiger partial charge in [0.05, 0.1) is 65.6 Å². The van der Waals surface area contributed by atoms with Crippen LogP contribution in [-0.2, 0) is 41.5 Å². The molecule has 0 heterocycles. The van der Waals surface area contributed by atoms with Crippen LogP contribution in [0.2, 0.25) is 0 Å². The number of ether oxygens (including phenoxy) is 6. The third-order valence-electron chi connectivity index (χ3n) is 6.08. The highest BCUT2D eigenvalue weighted by Crippen LogP contribution is 2.14. The molecule has 0 aromatic heterocycles. The smallest absolute Gasteiger partial charge is 0.407 e. The number of benzene rings is 2. The van der Waals surface area contributed by atoms with Gasteiger partial charge in [0.15, 0.2) is 0 Å². The number of nitrogens with zero attached hydrogens (tertiary/aromatic N) is 1. The molecular formula is C33H51FN2O7. The van der Waals surface area contributed by atoms with Crippen molar-refractivity contribution in [2.24, 2.45) is 0 Å². The predicted molar refractivity (Wildman–Crippen MR) is 165 cm³/mol. The van der Waals surface area contributed by atoms with Gasteiger partial charge in [0, 0.05) is 26.2 Å². The van der Waals surface area contributed by atoms with Crippen LogP contribution in [0.3, 0.4) is 0 Å². The Morgan fingerprint density at radius 1 is 0.744 bits per heavy atom. The molecule has 43 heavy (non-hydrogen) atoms. The van der Waals surface area contributed by atoms with Crippen LogP contribution >= 0.6 is 0 Å². The average molecular weight is 607 g/mol. The largest absolute Gasteiger partial charge is 0.444 e. The summed E-state index contributed by atoms with van der Waals surface area (Å²) in [6, 6.07) is 20.2. The van der Waals surface area contributed by atoms with E-state index < -0.39 is 24.0 Å². The van der Waals surface area contributed by atoms with Crippen molar-refractivity contribution >= 4 is 6.09 Å². The molecule has 0 saturated heterocycles. The van der Waals surface area contributed by atoms with Gasteiger partial charge in [-0.25, -0.2) is 9.18 Å².